The summed E-state index contributed by atoms with van der Waals surface area (Å²) < 4.78 is 62.0. The molecule has 1 N–H and O–H groups in total. The molecule has 0 spiro atoms. The lowest BCUT2D eigenvalue weighted by Gasteiger charge is -2.26. The highest BCUT2D eigenvalue weighted by Crippen LogP contribution is 2.23. The van der Waals surface area contributed by atoms with Crippen molar-refractivity contribution in [1.82, 2.24) is 9.29 Å². The van der Waals surface area contributed by atoms with Crippen LogP contribution in [0, 0.1) is 0 Å². The number of sulfonamides is 1. The van der Waals surface area contributed by atoms with Crippen molar-refractivity contribution >= 4 is 16.0 Å². The van der Waals surface area contributed by atoms with Crippen molar-refractivity contribution in [3.05, 3.63) is 23.9 Å². The molecule has 0 amide bonds. The maximum Gasteiger partial charge on any atom is 0.402 e. The zero-order chi connectivity index (χ0) is 16.4. The molecule has 0 saturated carbocycles. The molecule has 0 bridgehead atoms. The van der Waals surface area contributed by atoms with Crippen LogP contribution in [0.2, 0.25) is 0 Å². The lowest BCUT2D eigenvalue weighted by Crippen LogP contribution is -2.43. The molecule has 6 nitrogen and oxygen atoms in total. The van der Waals surface area contributed by atoms with Crippen molar-refractivity contribution in [2.75, 3.05) is 6.54 Å². The Kier molecular flexibility index (Phi) is 4.95. The van der Waals surface area contributed by atoms with E-state index >= 15 is 0 Å². The fourth-order valence-electron chi connectivity index (χ4n) is 1.50. The van der Waals surface area contributed by atoms with E-state index in [2.05, 4.69) is 4.98 Å². The van der Waals surface area contributed by atoms with E-state index < -0.39 is 39.8 Å². The molecule has 0 radical (unpaired) electrons. The summed E-state index contributed by atoms with van der Waals surface area (Å²) in [6.07, 6.45) is -3.92. The van der Waals surface area contributed by atoms with Crippen molar-refractivity contribution < 1.29 is 31.5 Å². The van der Waals surface area contributed by atoms with E-state index in [4.69, 9.17) is 5.11 Å². The second-order valence-corrected chi connectivity index (χ2v) is 6.29. The number of carboxylic acid groups (broad SMARTS) is 1. The Balaban J connectivity index is 3.20. The smallest absolute Gasteiger partial charge is 0.402 e. The zero-order valence-electron chi connectivity index (χ0n) is 11.1. The van der Waals surface area contributed by atoms with Crippen LogP contribution in [0.4, 0.5) is 13.2 Å². The van der Waals surface area contributed by atoms with Gasteiger partial charge >= 0.3 is 12.1 Å². The summed E-state index contributed by atoms with van der Waals surface area (Å²) in [4.78, 5) is 14.1. The fraction of sp³-hybridized carbons (Fsp3) is 0.455. The van der Waals surface area contributed by atoms with Gasteiger partial charge < -0.3 is 5.11 Å². The molecule has 0 unspecified atom stereocenters. The first-order chi connectivity index (χ1) is 9.45. The van der Waals surface area contributed by atoms with Crippen molar-refractivity contribution in [2.45, 2.75) is 31.1 Å². The van der Waals surface area contributed by atoms with Crippen molar-refractivity contribution in [3.63, 3.8) is 0 Å². The average molecular weight is 326 g/mol. The zero-order valence-corrected chi connectivity index (χ0v) is 11.9. The van der Waals surface area contributed by atoms with E-state index in [9.17, 15) is 26.4 Å². The quantitative estimate of drug-likeness (QED) is 0.890. The Labute approximate surface area is 119 Å². The number of halogens is 3. The molecule has 1 aromatic rings. The molecule has 0 fully saturated rings. The van der Waals surface area contributed by atoms with Gasteiger partial charge in [-0.05, 0) is 26.0 Å². The van der Waals surface area contributed by atoms with Gasteiger partial charge in [0.05, 0.1) is 5.56 Å². The molecule has 1 heterocycles. The number of hydrogen-bond acceptors (Lipinski definition) is 4. The number of carbonyl (C=O) groups is 1. The number of rotatable bonds is 5. The van der Waals surface area contributed by atoms with E-state index in [1.54, 1.807) is 0 Å². The van der Waals surface area contributed by atoms with E-state index in [0.29, 0.717) is 0 Å². The molecule has 0 aliphatic carbocycles. The van der Waals surface area contributed by atoms with E-state index in [1.165, 1.54) is 13.8 Å². The van der Waals surface area contributed by atoms with Crippen LogP contribution in [-0.2, 0) is 10.0 Å². The Hall–Kier alpha value is -1.68. The summed E-state index contributed by atoms with van der Waals surface area (Å²) in [6.45, 7) is 0.958. The standard InChI is InChI=1S/C11H13F3N2O4S/c1-7(2)16(6-11(12,13)14)21(19,20)9-4-3-8(5-15-9)10(17)18/h3-5,7H,6H2,1-2H3,(H,17,18). The van der Waals surface area contributed by atoms with Gasteiger partial charge in [-0.25, -0.2) is 18.2 Å². The minimum atomic E-state index is -4.70. The van der Waals surface area contributed by atoms with E-state index in [-0.39, 0.29) is 9.87 Å². The Morgan fingerprint density at radius 3 is 2.29 bits per heavy atom. The second-order valence-electron chi connectivity index (χ2n) is 4.45. The summed E-state index contributed by atoms with van der Waals surface area (Å²) >= 11 is 0. The van der Waals surface area contributed by atoms with Gasteiger partial charge in [-0.3, -0.25) is 0 Å². The van der Waals surface area contributed by atoms with Crippen LogP contribution < -0.4 is 0 Å². The molecule has 0 atom stereocenters. The van der Waals surface area contributed by atoms with Crippen LogP contribution in [0.1, 0.15) is 24.2 Å². The summed E-state index contributed by atoms with van der Waals surface area (Å²) in [6, 6.07) is 0.899. The number of carboxylic acids is 1. The first-order valence-corrected chi connectivity index (χ1v) is 7.17. The normalized spacial score (nSPS) is 12.9. The summed E-state index contributed by atoms with van der Waals surface area (Å²) in [5.41, 5.74) is -0.263. The Bertz CT molecular complexity index is 611. The SMILES string of the molecule is CC(C)N(CC(F)(F)F)S(=O)(=O)c1ccc(C(=O)O)cn1. The Morgan fingerprint density at radius 2 is 1.95 bits per heavy atom. The van der Waals surface area contributed by atoms with Gasteiger partial charge in [0.25, 0.3) is 10.0 Å². The lowest BCUT2D eigenvalue weighted by molar-refractivity contribution is -0.138. The van der Waals surface area contributed by atoms with Crippen molar-refractivity contribution in [2.24, 2.45) is 0 Å². The van der Waals surface area contributed by atoms with Gasteiger partial charge in [0.2, 0.25) is 0 Å². The number of aromatic carboxylic acids is 1. The molecule has 118 valence electrons. The molecule has 0 aromatic carbocycles. The molecule has 1 aromatic heterocycles. The van der Waals surface area contributed by atoms with Crippen LogP contribution in [0.15, 0.2) is 23.4 Å². The monoisotopic (exact) mass is 326 g/mol. The first kappa shape index (κ1) is 17.4. The van der Waals surface area contributed by atoms with Crippen LogP contribution in [0.3, 0.4) is 0 Å². The molecule has 0 aliphatic rings. The number of nitrogens with zero attached hydrogens (tertiary/aromatic N) is 2. The molecule has 0 saturated heterocycles. The number of pyridine rings is 1. The molecule has 0 aliphatic heterocycles. The van der Waals surface area contributed by atoms with Gasteiger partial charge in [-0.15, -0.1) is 0 Å². The molecule has 10 heteroatoms. The minimum absolute atomic E-state index is 0.260. The third-order valence-electron chi connectivity index (χ3n) is 2.47. The predicted molar refractivity (Wildman–Crippen MR) is 66.3 cm³/mol. The lowest BCUT2D eigenvalue weighted by atomic mass is 10.3. The summed E-state index contributed by atoms with van der Waals surface area (Å²) in [5, 5.41) is 8.05. The maximum absolute atomic E-state index is 12.5. The van der Waals surface area contributed by atoms with Crippen molar-refractivity contribution in [1.29, 1.82) is 0 Å². The van der Waals surface area contributed by atoms with Gasteiger partial charge in [0.1, 0.15) is 6.54 Å². The second kappa shape index (κ2) is 5.98. The van der Waals surface area contributed by atoms with Crippen LogP contribution in [-0.4, -0.2) is 47.5 Å². The summed E-state index contributed by atoms with van der Waals surface area (Å²) in [5.74, 6) is -1.32. The highest BCUT2D eigenvalue weighted by molar-refractivity contribution is 7.89. The van der Waals surface area contributed by atoms with Crippen LogP contribution in [0.25, 0.3) is 0 Å². The molecule has 1 rings (SSSR count). The predicted octanol–water partition coefficient (Wildman–Crippen LogP) is 1.74. The van der Waals surface area contributed by atoms with E-state index in [0.717, 1.165) is 18.3 Å². The first-order valence-electron chi connectivity index (χ1n) is 5.73. The third-order valence-corrected chi connectivity index (χ3v) is 4.41. The van der Waals surface area contributed by atoms with Gasteiger partial charge in [0.15, 0.2) is 5.03 Å². The number of alkyl halides is 3. The topological polar surface area (TPSA) is 87.6 Å². The van der Waals surface area contributed by atoms with Crippen molar-refractivity contribution in [3.8, 4) is 0 Å². The number of aromatic nitrogens is 1. The third kappa shape index (κ3) is 4.39. The molecule has 21 heavy (non-hydrogen) atoms. The van der Waals surface area contributed by atoms with Crippen LogP contribution in [0.5, 0.6) is 0 Å². The average Bonchev–Trinajstić information content (AvgIpc) is 2.34. The highest BCUT2D eigenvalue weighted by Gasteiger charge is 2.39. The summed E-state index contributed by atoms with van der Waals surface area (Å²) in [7, 11) is -4.47. The van der Waals surface area contributed by atoms with E-state index in [1.807, 2.05) is 0 Å². The molecular formula is C11H13F3N2O4S. The fourth-order valence-corrected chi connectivity index (χ4v) is 3.04. The number of hydrogen-bond donors (Lipinski definition) is 1. The van der Waals surface area contributed by atoms with Crippen LogP contribution >= 0.6 is 0 Å². The van der Waals surface area contributed by atoms with Gasteiger partial charge in [-0.2, -0.15) is 17.5 Å². The maximum atomic E-state index is 12.5. The minimum Gasteiger partial charge on any atom is -0.478 e. The van der Waals surface area contributed by atoms with Gasteiger partial charge in [-0.1, -0.05) is 0 Å². The molecular weight excluding hydrogens is 313 g/mol. The largest absolute Gasteiger partial charge is 0.478 e. The Morgan fingerprint density at radius 1 is 1.38 bits per heavy atom. The van der Waals surface area contributed by atoms with Gasteiger partial charge in [0, 0.05) is 12.2 Å². The highest BCUT2D eigenvalue weighted by atomic mass is 32.2.